The van der Waals surface area contributed by atoms with Gasteiger partial charge in [0.1, 0.15) is 6.10 Å². The maximum absolute atomic E-state index is 12.6. The normalized spacial score (nSPS) is 14.0. The second kappa shape index (κ2) is 5.90. The number of aliphatic hydroxyl groups is 1. The van der Waals surface area contributed by atoms with Crippen LogP contribution in [0.3, 0.4) is 0 Å². The highest BCUT2D eigenvalue weighted by Crippen LogP contribution is 2.23. The molecule has 2 N–H and O–H groups in total. The largest absolute Gasteiger partial charge is 0.477 e. The van der Waals surface area contributed by atoms with Crippen LogP contribution in [0.4, 0.5) is 8.78 Å². The fourth-order valence-corrected chi connectivity index (χ4v) is 1.09. The lowest BCUT2D eigenvalue weighted by Gasteiger charge is -2.17. The summed E-state index contributed by atoms with van der Waals surface area (Å²) in [5.41, 5.74) is 0. The zero-order valence-corrected chi connectivity index (χ0v) is 8.17. The number of rotatable bonds is 7. The van der Waals surface area contributed by atoms with Gasteiger partial charge in [-0.25, -0.2) is 4.79 Å². The number of hydrogen-bond acceptors (Lipinski definition) is 2. The molecule has 0 aromatic carbocycles. The number of aliphatic hydroxyl groups excluding tert-OH is 1. The number of halogens is 2. The Labute approximate surface area is 81.7 Å². The molecule has 1 atom stereocenters. The van der Waals surface area contributed by atoms with E-state index in [1.807, 2.05) is 6.92 Å². The molecule has 0 radical (unpaired) electrons. The number of alkyl halides is 2. The van der Waals surface area contributed by atoms with Crippen LogP contribution < -0.4 is 0 Å². The quantitative estimate of drug-likeness (QED) is 0.632. The predicted molar refractivity (Wildman–Crippen MR) is 47.3 cm³/mol. The van der Waals surface area contributed by atoms with Crippen molar-refractivity contribution in [3.05, 3.63) is 0 Å². The topological polar surface area (TPSA) is 57.5 Å². The Kier molecular flexibility index (Phi) is 5.60. The highest BCUT2D eigenvalue weighted by atomic mass is 19.3. The van der Waals surface area contributed by atoms with Crippen molar-refractivity contribution < 1.29 is 23.8 Å². The van der Waals surface area contributed by atoms with Gasteiger partial charge in [-0.05, 0) is 6.42 Å². The molecule has 0 fully saturated rings. The van der Waals surface area contributed by atoms with Gasteiger partial charge in [-0.1, -0.05) is 32.6 Å². The van der Waals surface area contributed by atoms with Gasteiger partial charge in [0, 0.05) is 0 Å². The first-order chi connectivity index (χ1) is 6.42. The molecule has 0 aliphatic rings. The minimum absolute atomic E-state index is 0.167. The Morgan fingerprint density at radius 1 is 1.36 bits per heavy atom. The molecular weight excluding hydrogens is 194 g/mol. The van der Waals surface area contributed by atoms with E-state index in [0.29, 0.717) is 6.42 Å². The molecule has 0 spiro atoms. The summed E-state index contributed by atoms with van der Waals surface area (Å²) in [7, 11) is 0. The third kappa shape index (κ3) is 4.00. The Hall–Kier alpha value is -0.710. The molecule has 5 heteroatoms. The molecule has 0 aliphatic carbocycles. The van der Waals surface area contributed by atoms with Crippen LogP contribution in [0.1, 0.15) is 39.0 Å². The van der Waals surface area contributed by atoms with Crippen LogP contribution in [-0.2, 0) is 4.79 Å². The summed E-state index contributed by atoms with van der Waals surface area (Å²) in [6.45, 7) is 1.97. The first-order valence-electron chi connectivity index (χ1n) is 4.72. The van der Waals surface area contributed by atoms with Gasteiger partial charge in [0.25, 0.3) is 0 Å². The molecule has 0 amide bonds. The summed E-state index contributed by atoms with van der Waals surface area (Å²) >= 11 is 0. The number of carboxylic acid groups (broad SMARTS) is 1. The Balaban J connectivity index is 3.83. The molecule has 3 nitrogen and oxygen atoms in total. The molecule has 0 saturated carbocycles. The minimum atomic E-state index is -4.02. The fourth-order valence-electron chi connectivity index (χ4n) is 1.09. The zero-order valence-electron chi connectivity index (χ0n) is 8.17. The Morgan fingerprint density at radius 2 is 1.93 bits per heavy atom. The van der Waals surface area contributed by atoms with Gasteiger partial charge >= 0.3 is 11.9 Å². The smallest absolute Gasteiger partial charge is 0.377 e. The molecule has 0 rings (SSSR count). The van der Waals surface area contributed by atoms with Crippen molar-refractivity contribution in [3.63, 3.8) is 0 Å². The third-order valence-electron chi connectivity index (χ3n) is 2.03. The average molecular weight is 210 g/mol. The van der Waals surface area contributed by atoms with Crippen LogP contribution in [0.15, 0.2) is 0 Å². The molecule has 0 bridgehead atoms. The maximum atomic E-state index is 12.6. The van der Waals surface area contributed by atoms with Crippen molar-refractivity contribution in [1.82, 2.24) is 0 Å². The third-order valence-corrected chi connectivity index (χ3v) is 2.03. The van der Waals surface area contributed by atoms with Crippen molar-refractivity contribution in [2.24, 2.45) is 0 Å². The SMILES string of the molecule is CCCCCCC(O)C(F)(F)C(=O)O. The number of aliphatic carboxylic acids is 1. The predicted octanol–water partition coefficient (Wildman–Crippen LogP) is 2.04. The van der Waals surface area contributed by atoms with Gasteiger partial charge in [0.05, 0.1) is 0 Å². The van der Waals surface area contributed by atoms with E-state index < -0.39 is 18.0 Å². The maximum Gasteiger partial charge on any atom is 0.377 e. The van der Waals surface area contributed by atoms with E-state index in [-0.39, 0.29) is 6.42 Å². The highest BCUT2D eigenvalue weighted by molar-refractivity contribution is 5.76. The fraction of sp³-hybridized carbons (Fsp3) is 0.889. The van der Waals surface area contributed by atoms with Crippen LogP contribution in [0, 0.1) is 0 Å². The standard InChI is InChI=1S/C9H16F2O3/c1-2-3-4-5-6-7(12)9(10,11)8(13)14/h7,12H,2-6H2,1H3,(H,13,14). The van der Waals surface area contributed by atoms with Crippen molar-refractivity contribution in [2.75, 3.05) is 0 Å². The average Bonchev–Trinajstić information content (AvgIpc) is 2.11. The van der Waals surface area contributed by atoms with Crippen molar-refractivity contribution in [1.29, 1.82) is 0 Å². The highest BCUT2D eigenvalue weighted by Gasteiger charge is 2.46. The Morgan fingerprint density at radius 3 is 2.36 bits per heavy atom. The second-order valence-electron chi connectivity index (χ2n) is 3.29. The van der Waals surface area contributed by atoms with E-state index in [0.717, 1.165) is 19.3 Å². The Bertz CT molecular complexity index is 183. The van der Waals surface area contributed by atoms with Crippen LogP contribution in [0.2, 0.25) is 0 Å². The van der Waals surface area contributed by atoms with Gasteiger partial charge in [0.2, 0.25) is 0 Å². The lowest BCUT2D eigenvalue weighted by Crippen LogP contribution is -2.41. The summed E-state index contributed by atoms with van der Waals surface area (Å²) in [6.07, 6.45) is 0.800. The number of carboxylic acids is 1. The molecule has 0 aromatic heterocycles. The van der Waals surface area contributed by atoms with E-state index in [4.69, 9.17) is 10.2 Å². The van der Waals surface area contributed by atoms with Crippen LogP contribution in [0.25, 0.3) is 0 Å². The van der Waals surface area contributed by atoms with E-state index in [9.17, 15) is 13.6 Å². The summed E-state index contributed by atoms with van der Waals surface area (Å²) in [4.78, 5) is 10.0. The van der Waals surface area contributed by atoms with Crippen molar-refractivity contribution in [3.8, 4) is 0 Å². The van der Waals surface area contributed by atoms with E-state index >= 15 is 0 Å². The van der Waals surface area contributed by atoms with Gasteiger partial charge in [-0.15, -0.1) is 0 Å². The van der Waals surface area contributed by atoms with Crippen LogP contribution >= 0.6 is 0 Å². The van der Waals surface area contributed by atoms with Gasteiger partial charge in [-0.2, -0.15) is 8.78 Å². The number of unbranched alkanes of at least 4 members (excludes halogenated alkanes) is 3. The summed E-state index contributed by atoms with van der Waals surface area (Å²) in [5, 5.41) is 17.0. The molecule has 0 saturated heterocycles. The lowest BCUT2D eigenvalue weighted by atomic mass is 10.0. The summed E-state index contributed by atoms with van der Waals surface area (Å²) in [6, 6.07) is 0. The van der Waals surface area contributed by atoms with Crippen molar-refractivity contribution in [2.45, 2.75) is 51.1 Å². The molecule has 14 heavy (non-hydrogen) atoms. The summed E-state index contributed by atoms with van der Waals surface area (Å²) < 4.78 is 25.2. The first-order valence-corrected chi connectivity index (χ1v) is 4.72. The lowest BCUT2D eigenvalue weighted by molar-refractivity contribution is -0.182. The molecular formula is C9H16F2O3. The molecule has 0 aliphatic heterocycles. The summed E-state index contributed by atoms with van der Waals surface area (Å²) in [5.74, 6) is -6.29. The monoisotopic (exact) mass is 210 g/mol. The number of carbonyl (C=O) groups is 1. The van der Waals surface area contributed by atoms with Crippen molar-refractivity contribution >= 4 is 5.97 Å². The van der Waals surface area contributed by atoms with Gasteiger partial charge in [0.15, 0.2) is 0 Å². The van der Waals surface area contributed by atoms with E-state index in [1.54, 1.807) is 0 Å². The molecule has 84 valence electrons. The first kappa shape index (κ1) is 13.3. The minimum Gasteiger partial charge on any atom is -0.477 e. The second-order valence-corrected chi connectivity index (χ2v) is 3.29. The van der Waals surface area contributed by atoms with Gasteiger partial charge in [-0.3, -0.25) is 0 Å². The molecule has 0 heterocycles. The van der Waals surface area contributed by atoms with Crippen LogP contribution in [0.5, 0.6) is 0 Å². The zero-order chi connectivity index (χ0) is 11.2. The number of hydrogen-bond donors (Lipinski definition) is 2. The van der Waals surface area contributed by atoms with E-state index in [1.165, 1.54) is 0 Å². The van der Waals surface area contributed by atoms with Crippen LogP contribution in [-0.4, -0.2) is 28.2 Å². The molecule has 1 unspecified atom stereocenters. The van der Waals surface area contributed by atoms with E-state index in [2.05, 4.69) is 0 Å². The molecule has 0 aromatic rings. The van der Waals surface area contributed by atoms with Gasteiger partial charge < -0.3 is 10.2 Å².